The summed E-state index contributed by atoms with van der Waals surface area (Å²) in [5.74, 6) is 0.717. The Morgan fingerprint density at radius 2 is 1.16 bits per heavy atom. The van der Waals surface area contributed by atoms with Crippen LogP contribution in [0, 0.1) is 0 Å². The predicted molar refractivity (Wildman–Crippen MR) is 235 cm³/mol. The molecule has 0 bridgehead atoms. The molecule has 3 heterocycles. The summed E-state index contributed by atoms with van der Waals surface area (Å²) in [6, 6.07) is 62.8. The highest BCUT2D eigenvalue weighted by atomic mass is 16.3. The molecule has 11 aromatic rings. The fraction of sp³-hybridized carbons (Fsp3) is 0.0566. The van der Waals surface area contributed by atoms with E-state index in [1.807, 2.05) is 18.2 Å². The molecule has 0 unspecified atom stereocenters. The maximum absolute atomic E-state index is 6.33. The maximum Gasteiger partial charge on any atom is 0.161 e. The van der Waals surface area contributed by atoms with Gasteiger partial charge in [-0.1, -0.05) is 135 Å². The van der Waals surface area contributed by atoms with Crippen LogP contribution in [0.15, 0.2) is 180 Å². The van der Waals surface area contributed by atoms with Crippen LogP contribution >= 0.6 is 0 Å². The van der Waals surface area contributed by atoms with Crippen molar-refractivity contribution in [2.75, 3.05) is 0 Å². The van der Waals surface area contributed by atoms with E-state index >= 15 is 0 Å². The number of furan rings is 1. The fourth-order valence-electron chi connectivity index (χ4n) is 9.55. The Bertz CT molecular complexity index is 3440. The molecule has 4 nitrogen and oxygen atoms in total. The van der Waals surface area contributed by atoms with E-state index in [0.717, 1.165) is 61.2 Å². The number of rotatable bonds is 4. The summed E-state index contributed by atoms with van der Waals surface area (Å²) in [4.78, 5) is 10.8. The maximum atomic E-state index is 6.33. The SMILES string of the molecule is CC1(C)c2ccc(-c3ccc4c(c3)c3ccccc3n4-c3ccccc3)cc2-c2c(-c3nc(-c4cccc5oc6ccccc6c45)c4ccccc4n3)cccc21. The molecular formula is C53H35N3O. The van der Waals surface area contributed by atoms with Crippen LogP contribution in [0.2, 0.25) is 0 Å². The molecule has 1 aliphatic rings. The lowest BCUT2D eigenvalue weighted by Gasteiger charge is -2.21. The first-order valence-electron chi connectivity index (χ1n) is 19.6. The van der Waals surface area contributed by atoms with Crippen LogP contribution in [0.4, 0.5) is 0 Å². The highest BCUT2D eigenvalue weighted by molar-refractivity contribution is 6.15. The number of benzene rings is 8. The molecule has 4 heteroatoms. The number of para-hydroxylation sites is 4. The molecule has 8 aromatic carbocycles. The Morgan fingerprint density at radius 3 is 2.05 bits per heavy atom. The van der Waals surface area contributed by atoms with Crippen molar-refractivity contribution in [3.63, 3.8) is 0 Å². The number of hydrogen-bond donors (Lipinski definition) is 0. The minimum Gasteiger partial charge on any atom is -0.456 e. The summed E-state index contributed by atoms with van der Waals surface area (Å²) in [5.41, 5.74) is 16.4. The second kappa shape index (κ2) is 11.8. The fourth-order valence-corrected chi connectivity index (χ4v) is 9.55. The normalized spacial score (nSPS) is 13.2. The minimum atomic E-state index is -0.201. The minimum absolute atomic E-state index is 0.201. The summed E-state index contributed by atoms with van der Waals surface area (Å²) in [6.45, 7) is 4.67. The van der Waals surface area contributed by atoms with E-state index in [2.05, 4.69) is 176 Å². The van der Waals surface area contributed by atoms with E-state index < -0.39 is 0 Å². The molecule has 3 aromatic heterocycles. The van der Waals surface area contributed by atoms with E-state index in [4.69, 9.17) is 14.4 Å². The Kier molecular flexibility index (Phi) is 6.65. The lowest BCUT2D eigenvalue weighted by molar-refractivity contribution is 0.660. The van der Waals surface area contributed by atoms with Gasteiger partial charge in [-0.3, -0.25) is 0 Å². The molecular weight excluding hydrogens is 695 g/mol. The third-order valence-corrected chi connectivity index (χ3v) is 12.2. The molecule has 268 valence electrons. The van der Waals surface area contributed by atoms with Crippen molar-refractivity contribution in [3.8, 4) is 50.6 Å². The molecule has 12 rings (SSSR count). The van der Waals surface area contributed by atoms with Gasteiger partial charge < -0.3 is 8.98 Å². The molecule has 0 saturated heterocycles. The zero-order valence-corrected chi connectivity index (χ0v) is 31.5. The third kappa shape index (κ3) is 4.62. The van der Waals surface area contributed by atoms with Crippen molar-refractivity contribution >= 4 is 54.6 Å². The molecule has 0 saturated carbocycles. The highest BCUT2D eigenvalue weighted by Gasteiger charge is 2.37. The molecule has 0 radical (unpaired) electrons. The lowest BCUT2D eigenvalue weighted by Crippen LogP contribution is -2.14. The quantitative estimate of drug-likeness (QED) is 0.181. The number of nitrogens with zero attached hydrogens (tertiary/aromatic N) is 3. The van der Waals surface area contributed by atoms with Gasteiger partial charge in [-0.05, 0) is 88.0 Å². The summed E-state index contributed by atoms with van der Waals surface area (Å²) in [7, 11) is 0. The van der Waals surface area contributed by atoms with Gasteiger partial charge in [0.05, 0.1) is 22.2 Å². The zero-order valence-electron chi connectivity index (χ0n) is 31.5. The van der Waals surface area contributed by atoms with Gasteiger partial charge in [0.25, 0.3) is 0 Å². The standard InChI is InChI=1S/C53H35N3O/c1-53(2)42-28-26-32(33-27-29-46-40(30-33)35-16-7-10-23-45(35)56(46)34-14-4-3-5-15-34)31-41(42)49-39(20-12-21-43(49)53)52-54-44-22-9-6-17-36(44)51(55-52)38-19-13-25-48-50(38)37-18-8-11-24-47(37)57-48/h3-31H,1-2H3. The molecule has 0 atom stereocenters. The molecule has 0 aliphatic heterocycles. The van der Waals surface area contributed by atoms with Gasteiger partial charge in [-0.25, -0.2) is 9.97 Å². The molecule has 1 aliphatic carbocycles. The van der Waals surface area contributed by atoms with Crippen LogP contribution in [0.1, 0.15) is 25.0 Å². The van der Waals surface area contributed by atoms with Crippen molar-refractivity contribution in [1.29, 1.82) is 0 Å². The second-order valence-corrected chi connectivity index (χ2v) is 15.7. The molecule has 0 fully saturated rings. The summed E-state index contributed by atoms with van der Waals surface area (Å²) in [6.07, 6.45) is 0. The van der Waals surface area contributed by atoms with Crippen molar-refractivity contribution in [3.05, 3.63) is 187 Å². The van der Waals surface area contributed by atoms with E-state index in [1.165, 1.54) is 55.2 Å². The first kappa shape index (κ1) is 32.0. The Labute approximate surface area is 329 Å². The first-order chi connectivity index (χ1) is 28.0. The van der Waals surface area contributed by atoms with Crippen LogP contribution in [0.5, 0.6) is 0 Å². The molecule has 0 N–H and O–H groups in total. The van der Waals surface area contributed by atoms with Gasteiger partial charge in [0.1, 0.15) is 11.2 Å². The predicted octanol–water partition coefficient (Wildman–Crippen LogP) is 13.9. The van der Waals surface area contributed by atoms with Crippen LogP contribution < -0.4 is 0 Å². The van der Waals surface area contributed by atoms with Crippen LogP contribution in [0.25, 0.3) is 105 Å². The molecule has 57 heavy (non-hydrogen) atoms. The van der Waals surface area contributed by atoms with Gasteiger partial charge in [0, 0.05) is 49.2 Å². The van der Waals surface area contributed by atoms with Crippen molar-refractivity contribution < 1.29 is 4.42 Å². The topological polar surface area (TPSA) is 43.9 Å². The Balaban J connectivity index is 1.06. The van der Waals surface area contributed by atoms with E-state index in [-0.39, 0.29) is 5.41 Å². The summed E-state index contributed by atoms with van der Waals surface area (Å²) < 4.78 is 8.70. The summed E-state index contributed by atoms with van der Waals surface area (Å²) >= 11 is 0. The monoisotopic (exact) mass is 729 g/mol. The largest absolute Gasteiger partial charge is 0.456 e. The van der Waals surface area contributed by atoms with Gasteiger partial charge in [-0.2, -0.15) is 0 Å². The molecule has 0 spiro atoms. The van der Waals surface area contributed by atoms with Crippen molar-refractivity contribution in [2.24, 2.45) is 0 Å². The van der Waals surface area contributed by atoms with Crippen LogP contribution in [0.3, 0.4) is 0 Å². The number of hydrogen-bond acceptors (Lipinski definition) is 3. The smallest absolute Gasteiger partial charge is 0.161 e. The van der Waals surface area contributed by atoms with Gasteiger partial charge in [0.2, 0.25) is 0 Å². The van der Waals surface area contributed by atoms with Crippen LogP contribution in [-0.2, 0) is 5.41 Å². The van der Waals surface area contributed by atoms with Crippen molar-refractivity contribution in [1.82, 2.24) is 14.5 Å². The van der Waals surface area contributed by atoms with Gasteiger partial charge >= 0.3 is 0 Å². The average molecular weight is 730 g/mol. The Morgan fingerprint density at radius 1 is 0.474 bits per heavy atom. The highest BCUT2D eigenvalue weighted by Crippen LogP contribution is 2.53. The van der Waals surface area contributed by atoms with E-state index in [0.29, 0.717) is 0 Å². The third-order valence-electron chi connectivity index (χ3n) is 12.2. The van der Waals surface area contributed by atoms with Crippen LogP contribution in [-0.4, -0.2) is 14.5 Å². The van der Waals surface area contributed by atoms with Gasteiger partial charge in [0.15, 0.2) is 5.82 Å². The first-order valence-corrected chi connectivity index (χ1v) is 19.6. The lowest BCUT2D eigenvalue weighted by atomic mass is 9.82. The van der Waals surface area contributed by atoms with Crippen molar-refractivity contribution in [2.45, 2.75) is 19.3 Å². The molecule has 0 amide bonds. The Hall–Kier alpha value is -7.30. The number of aromatic nitrogens is 3. The summed E-state index contributed by atoms with van der Waals surface area (Å²) in [5, 5.41) is 5.65. The number of fused-ring (bicyclic) bond motifs is 10. The van der Waals surface area contributed by atoms with E-state index in [9.17, 15) is 0 Å². The average Bonchev–Trinajstić information content (AvgIpc) is 3.88. The second-order valence-electron chi connectivity index (χ2n) is 15.7. The van der Waals surface area contributed by atoms with E-state index in [1.54, 1.807) is 0 Å². The zero-order chi connectivity index (χ0) is 37.8. The van der Waals surface area contributed by atoms with Gasteiger partial charge in [-0.15, -0.1) is 0 Å².